The van der Waals surface area contributed by atoms with E-state index in [2.05, 4.69) is 22.4 Å². The van der Waals surface area contributed by atoms with Crippen LogP contribution in [-0.4, -0.2) is 39.9 Å². The second kappa shape index (κ2) is 10.8. The summed E-state index contributed by atoms with van der Waals surface area (Å²) in [6, 6.07) is 22.7. The highest BCUT2D eigenvalue weighted by Gasteiger charge is 2.28. The molecule has 7 heteroatoms. The normalized spacial score (nSPS) is 13.9. The molecule has 0 spiro atoms. The van der Waals surface area contributed by atoms with Gasteiger partial charge in [0.2, 0.25) is 11.7 Å². The molecule has 3 aromatic carbocycles. The van der Waals surface area contributed by atoms with Crippen molar-refractivity contribution >= 4 is 17.5 Å². The minimum absolute atomic E-state index is 0.0619. The maximum absolute atomic E-state index is 12.8. The molecule has 0 bridgehead atoms. The molecule has 2 amide bonds. The predicted molar refractivity (Wildman–Crippen MR) is 143 cm³/mol. The van der Waals surface area contributed by atoms with Crippen molar-refractivity contribution in [1.82, 2.24) is 15.0 Å². The summed E-state index contributed by atoms with van der Waals surface area (Å²) >= 11 is 0. The second-order valence-electron chi connectivity index (χ2n) is 9.47. The molecule has 188 valence electrons. The SMILES string of the molecule is CCc1cccc(NC(=O)c2ccc(-c3noc(C4CCN(C(=O)c5ccc(C)cc5)CC4)n3)cc2)c1. The average Bonchev–Trinajstić information content (AvgIpc) is 3.44. The zero-order valence-corrected chi connectivity index (χ0v) is 21.1. The fourth-order valence-electron chi connectivity index (χ4n) is 4.57. The lowest BCUT2D eigenvalue weighted by Crippen LogP contribution is -2.38. The van der Waals surface area contributed by atoms with Gasteiger partial charge in [-0.25, -0.2) is 0 Å². The Morgan fingerprint density at radius 2 is 1.68 bits per heavy atom. The number of likely N-dealkylation sites (tertiary alicyclic amines) is 1. The first kappa shape index (κ1) is 24.4. The third-order valence-corrected chi connectivity index (χ3v) is 6.87. The topological polar surface area (TPSA) is 88.3 Å². The lowest BCUT2D eigenvalue weighted by Gasteiger charge is -2.30. The Morgan fingerprint density at radius 1 is 0.973 bits per heavy atom. The molecule has 0 atom stereocenters. The van der Waals surface area contributed by atoms with E-state index in [0.29, 0.717) is 30.4 Å². The van der Waals surface area contributed by atoms with Gasteiger partial charge in [-0.3, -0.25) is 9.59 Å². The number of carbonyl (C=O) groups excluding carboxylic acids is 2. The van der Waals surface area contributed by atoms with E-state index in [1.54, 1.807) is 12.1 Å². The summed E-state index contributed by atoms with van der Waals surface area (Å²) in [5.74, 6) is 1.10. The largest absolute Gasteiger partial charge is 0.339 e. The predicted octanol–water partition coefficient (Wildman–Crippen LogP) is 5.88. The molecule has 1 saturated heterocycles. The molecule has 1 aliphatic heterocycles. The number of aryl methyl sites for hydroxylation is 2. The quantitative estimate of drug-likeness (QED) is 0.362. The van der Waals surface area contributed by atoms with E-state index in [4.69, 9.17) is 4.52 Å². The number of piperidine rings is 1. The minimum atomic E-state index is -0.166. The van der Waals surface area contributed by atoms with Crippen LogP contribution < -0.4 is 5.32 Å². The van der Waals surface area contributed by atoms with E-state index in [0.717, 1.165) is 41.6 Å². The van der Waals surface area contributed by atoms with Gasteiger partial charge in [-0.1, -0.05) is 54.0 Å². The molecule has 7 nitrogen and oxygen atoms in total. The number of carbonyl (C=O) groups is 2. The molecule has 2 heterocycles. The Hall–Kier alpha value is -4.26. The van der Waals surface area contributed by atoms with Crippen molar-refractivity contribution in [2.75, 3.05) is 18.4 Å². The van der Waals surface area contributed by atoms with Gasteiger partial charge >= 0.3 is 0 Å². The van der Waals surface area contributed by atoms with Gasteiger partial charge in [0.05, 0.1) is 0 Å². The van der Waals surface area contributed by atoms with E-state index in [1.165, 1.54) is 5.56 Å². The maximum Gasteiger partial charge on any atom is 0.255 e. The number of benzene rings is 3. The van der Waals surface area contributed by atoms with Gasteiger partial charge in [-0.15, -0.1) is 0 Å². The summed E-state index contributed by atoms with van der Waals surface area (Å²) in [6.07, 6.45) is 2.46. The molecule has 4 aromatic rings. The molecular formula is C30H30N4O3. The van der Waals surface area contributed by atoms with Crippen LogP contribution in [0.2, 0.25) is 0 Å². The Morgan fingerprint density at radius 3 is 2.38 bits per heavy atom. The molecule has 1 aromatic heterocycles. The number of nitrogens with zero attached hydrogens (tertiary/aromatic N) is 3. The van der Waals surface area contributed by atoms with Crippen LogP contribution >= 0.6 is 0 Å². The summed E-state index contributed by atoms with van der Waals surface area (Å²) in [4.78, 5) is 32.0. The minimum Gasteiger partial charge on any atom is -0.339 e. The van der Waals surface area contributed by atoms with E-state index >= 15 is 0 Å². The highest BCUT2D eigenvalue weighted by molar-refractivity contribution is 6.04. The van der Waals surface area contributed by atoms with Crippen molar-refractivity contribution in [2.45, 2.75) is 39.0 Å². The second-order valence-corrected chi connectivity index (χ2v) is 9.47. The number of nitrogens with one attached hydrogen (secondary N) is 1. The first-order valence-corrected chi connectivity index (χ1v) is 12.7. The molecule has 0 unspecified atom stereocenters. The molecule has 0 radical (unpaired) electrons. The summed E-state index contributed by atoms with van der Waals surface area (Å²) in [5, 5.41) is 7.11. The zero-order chi connectivity index (χ0) is 25.8. The van der Waals surface area contributed by atoms with Crippen LogP contribution in [0, 0.1) is 6.92 Å². The van der Waals surface area contributed by atoms with Crippen molar-refractivity contribution in [2.24, 2.45) is 0 Å². The zero-order valence-electron chi connectivity index (χ0n) is 21.1. The van der Waals surface area contributed by atoms with Crippen molar-refractivity contribution < 1.29 is 14.1 Å². The highest BCUT2D eigenvalue weighted by atomic mass is 16.5. The van der Waals surface area contributed by atoms with Crippen molar-refractivity contribution in [3.8, 4) is 11.4 Å². The summed E-state index contributed by atoms with van der Waals surface area (Å²) in [5.41, 5.74) is 5.15. The Balaban J connectivity index is 1.19. The molecule has 0 saturated carbocycles. The van der Waals surface area contributed by atoms with Crippen LogP contribution in [0.5, 0.6) is 0 Å². The fraction of sp³-hybridized carbons (Fsp3) is 0.267. The van der Waals surface area contributed by atoms with Gasteiger partial charge in [0.1, 0.15) is 0 Å². The average molecular weight is 495 g/mol. The lowest BCUT2D eigenvalue weighted by atomic mass is 9.96. The molecular weight excluding hydrogens is 464 g/mol. The molecule has 1 aliphatic rings. The number of aromatic nitrogens is 2. The summed E-state index contributed by atoms with van der Waals surface area (Å²) in [6.45, 7) is 5.40. The Labute approximate surface area is 216 Å². The molecule has 37 heavy (non-hydrogen) atoms. The Bertz CT molecular complexity index is 1390. The van der Waals surface area contributed by atoms with E-state index in [1.807, 2.05) is 72.5 Å². The lowest BCUT2D eigenvalue weighted by molar-refractivity contribution is 0.0704. The third-order valence-electron chi connectivity index (χ3n) is 6.87. The monoisotopic (exact) mass is 494 g/mol. The first-order valence-electron chi connectivity index (χ1n) is 12.7. The number of hydrogen-bond donors (Lipinski definition) is 1. The number of amides is 2. The first-order chi connectivity index (χ1) is 18.0. The van der Waals surface area contributed by atoms with E-state index in [9.17, 15) is 9.59 Å². The molecule has 5 rings (SSSR count). The van der Waals surface area contributed by atoms with Gasteiger partial charge < -0.3 is 14.7 Å². The Kier molecular flexibility index (Phi) is 7.12. The van der Waals surface area contributed by atoms with Crippen LogP contribution in [0.1, 0.15) is 63.4 Å². The van der Waals surface area contributed by atoms with Gasteiger partial charge in [0.25, 0.3) is 11.8 Å². The molecule has 0 aliphatic carbocycles. The smallest absolute Gasteiger partial charge is 0.255 e. The van der Waals surface area contributed by atoms with Gasteiger partial charge in [0.15, 0.2) is 0 Å². The number of hydrogen-bond acceptors (Lipinski definition) is 5. The molecule has 1 fully saturated rings. The highest BCUT2D eigenvalue weighted by Crippen LogP contribution is 2.29. The van der Waals surface area contributed by atoms with E-state index in [-0.39, 0.29) is 17.7 Å². The van der Waals surface area contributed by atoms with Crippen LogP contribution in [-0.2, 0) is 6.42 Å². The van der Waals surface area contributed by atoms with Gasteiger partial charge in [0, 0.05) is 41.4 Å². The number of anilines is 1. The standard InChI is InChI=1S/C30H30N4O3/c1-3-21-5-4-6-26(19-21)31-28(35)23-13-11-22(12-14-23)27-32-29(37-33-27)24-15-17-34(18-16-24)30(36)25-9-7-20(2)8-10-25/h4-14,19,24H,3,15-18H2,1-2H3,(H,31,35). The molecule has 1 N–H and O–H groups in total. The van der Waals surface area contributed by atoms with Crippen LogP contribution in [0.25, 0.3) is 11.4 Å². The fourth-order valence-corrected chi connectivity index (χ4v) is 4.57. The van der Waals surface area contributed by atoms with Gasteiger partial charge in [-0.05, 0) is 68.1 Å². The van der Waals surface area contributed by atoms with Crippen LogP contribution in [0.3, 0.4) is 0 Å². The number of rotatable bonds is 6. The van der Waals surface area contributed by atoms with Crippen LogP contribution in [0.4, 0.5) is 5.69 Å². The summed E-state index contributed by atoms with van der Waals surface area (Å²) < 4.78 is 5.59. The van der Waals surface area contributed by atoms with Crippen molar-refractivity contribution in [3.05, 3.63) is 101 Å². The van der Waals surface area contributed by atoms with E-state index < -0.39 is 0 Å². The van der Waals surface area contributed by atoms with Crippen LogP contribution in [0.15, 0.2) is 77.3 Å². The van der Waals surface area contributed by atoms with Crippen molar-refractivity contribution in [1.29, 1.82) is 0 Å². The maximum atomic E-state index is 12.8. The third kappa shape index (κ3) is 5.61. The summed E-state index contributed by atoms with van der Waals surface area (Å²) in [7, 11) is 0. The van der Waals surface area contributed by atoms with Gasteiger partial charge in [-0.2, -0.15) is 4.98 Å². The van der Waals surface area contributed by atoms with Crippen molar-refractivity contribution in [3.63, 3.8) is 0 Å².